The number of fused-ring (bicyclic) bond motifs is 1. The van der Waals surface area contributed by atoms with Gasteiger partial charge in [-0.2, -0.15) is 0 Å². The van der Waals surface area contributed by atoms with E-state index in [2.05, 4.69) is 4.98 Å². The van der Waals surface area contributed by atoms with Gasteiger partial charge in [0.2, 0.25) is 0 Å². The van der Waals surface area contributed by atoms with Crippen molar-refractivity contribution in [1.29, 1.82) is 0 Å². The van der Waals surface area contributed by atoms with Gasteiger partial charge in [-0.1, -0.05) is 0 Å². The number of carboxylic acid groups (broad SMARTS) is 1. The van der Waals surface area contributed by atoms with Crippen LogP contribution in [0.15, 0.2) is 0 Å². The molecule has 94 valence electrons. The van der Waals surface area contributed by atoms with Gasteiger partial charge >= 0.3 is 5.97 Å². The maximum Gasteiger partial charge on any atom is 0.305 e. The molecule has 0 fully saturated rings. The predicted octanol–water partition coefficient (Wildman–Crippen LogP) is 0.186. The summed E-state index contributed by atoms with van der Waals surface area (Å²) in [7, 11) is 0. The van der Waals surface area contributed by atoms with E-state index in [1.165, 1.54) is 0 Å². The highest BCUT2D eigenvalue weighted by Crippen LogP contribution is 2.24. The number of nitrogens with two attached hydrogens (primary N) is 1. The molecule has 0 aromatic carbocycles. The number of imidazole rings is 1. The molecule has 6 heteroatoms. The van der Waals surface area contributed by atoms with E-state index in [1.807, 2.05) is 4.57 Å². The van der Waals surface area contributed by atoms with Gasteiger partial charge in [0.05, 0.1) is 24.8 Å². The minimum absolute atomic E-state index is 0.116. The van der Waals surface area contributed by atoms with Gasteiger partial charge in [-0.25, -0.2) is 4.98 Å². The Bertz CT molecular complexity index is 428. The van der Waals surface area contributed by atoms with Crippen molar-refractivity contribution in [3.63, 3.8) is 0 Å². The van der Waals surface area contributed by atoms with Gasteiger partial charge in [0.15, 0.2) is 0 Å². The largest absolute Gasteiger partial charge is 0.481 e. The highest BCUT2D eigenvalue weighted by atomic mass is 16.4. The van der Waals surface area contributed by atoms with Crippen molar-refractivity contribution in [3.05, 3.63) is 17.2 Å². The van der Waals surface area contributed by atoms with E-state index >= 15 is 0 Å². The van der Waals surface area contributed by atoms with E-state index in [0.29, 0.717) is 11.5 Å². The lowest BCUT2D eigenvalue weighted by Crippen LogP contribution is -2.22. The molecular formula is C11H17N3O3. The van der Waals surface area contributed by atoms with Crippen LogP contribution in [-0.4, -0.2) is 25.7 Å². The molecule has 0 amide bonds. The van der Waals surface area contributed by atoms with Gasteiger partial charge in [-0.05, 0) is 19.3 Å². The van der Waals surface area contributed by atoms with Gasteiger partial charge in [0, 0.05) is 12.2 Å². The van der Waals surface area contributed by atoms with Crippen LogP contribution >= 0.6 is 0 Å². The Kier molecular flexibility index (Phi) is 3.44. The van der Waals surface area contributed by atoms with Crippen LogP contribution in [0.4, 0.5) is 0 Å². The zero-order valence-electron chi connectivity index (χ0n) is 9.59. The summed E-state index contributed by atoms with van der Waals surface area (Å²) in [6.07, 6.45) is 2.86. The quantitative estimate of drug-likeness (QED) is 0.696. The topological polar surface area (TPSA) is 101 Å². The van der Waals surface area contributed by atoms with Crippen LogP contribution < -0.4 is 5.73 Å². The number of aromatic nitrogens is 2. The number of hydrogen-bond acceptors (Lipinski definition) is 4. The lowest BCUT2D eigenvalue weighted by Gasteiger charge is -2.19. The molecule has 0 spiro atoms. The maximum absolute atomic E-state index is 10.7. The Balaban J connectivity index is 2.33. The average Bonchev–Trinajstić information content (AvgIpc) is 2.67. The standard InChI is InChI=1S/C11H17N3O3/c12-7(5-10(16)17)11-13-8(6-15)9-3-1-2-4-14(9)11/h7,15H,1-6,12H2,(H,16,17). The fourth-order valence-corrected chi connectivity index (χ4v) is 2.34. The van der Waals surface area contributed by atoms with E-state index in [1.54, 1.807) is 0 Å². The van der Waals surface area contributed by atoms with Crippen LogP contribution in [0, 0.1) is 0 Å². The molecule has 1 unspecified atom stereocenters. The molecular weight excluding hydrogens is 222 g/mol. The number of nitrogens with zero attached hydrogens (tertiary/aromatic N) is 2. The summed E-state index contributed by atoms with van der Waals surface area (Å²) in [6.45, 7) is 0.695. The third-order valence-electron chi connectivity index (χ3n) is 3.11. The van der Waals surface area contributed by atoms with Crippen molar-refractivity contribution in [2.24, 2.45) is 5.73 Å². The molecule has 0 saturated heterocycles. The normalized spacial score (nSPS) is 16.6. The zero-order valence-corrected chi connectivity index (χ0v) is 9.59. The van der Waals surface area contributed by atoms with E-state index in [0.717, 1.165) is 31.5 Å². The van der Waals surface area contributed by atoms with Crippen molar-refractivity contribution in [3.8, 4) is 0 Å². The fourth-order valence-electron chi connectivity index (χ4n) is 2.34. The Hall–Kier alpha value is -1.40. The third kappa shape index (κ3) is 2.32. The SMILES string of the molecule is NC(CC(=O)O)c1nc(CO)c2n1CCCC2. The van der Waals surface area contributed by atoms with Crippen molar-refractivity contribution in [2.75, 3.05) is 0 Å². The first-order chi connectivity index (χ1) is 8.13. The smallest absolute Gasteiger partial charge is 0.305 e. The number of aliphatic hydroxyl groups excluding tert-OH is 1. The number of hydrogen-bond donors (Lipinski definition) is 3. The molecule has 6 nitrogen and oxygen atoms in total. The summed E-state index contributed by atoms with van der Waals surface area (Å²) in [5, 5.41) is 18.0. The minimum atomic E-state index is -0.934. The number of carboxylic acids is 1. The summed E-state index contributed by atoms with van der Waals surface area (Å²) in [5.74, 6) is -0.345. The van der Waals surface area contributed by atoms with Gasteiger partial charge < -0.3 is 20.5 Å². The summed E-state index contributed by atoms with van der Waals surface area (Å²) in [5.41, 5.74) is 7.49. The number of rotatable bonds is 4. The first-order valence-corrected chi connectivity index (χ1v) is 5.80. The van der Waals surface area contributed by atoms with Crippen molar-refractivity contribution in [2.45, 2.75) is 44.9 Å². The second-order valence-electron chi connectivity index (χ2n) is 4.33. The Morgan fingerprint density at radius 1 is 1.53 bits per heavy atom. The highest BCUT2D eigenvalue weighted by Gasteiger charge is 2.24. The summed E-state index contributed by atoms with van der Waals surface area (Å²) < 4.78 is 1.97. The number of aliphatic hydroxyl groups is 1. The number of aliphatic carboxylic acids is 1. The monoisotopic (exact) mass is 239 g/mol. The van der Waals surface area contributed by atoms with Crippen LogP contribution in [0.2, 0.25) is 0 Å². The number of carbonyl (C=O) groups is 1. The molecule has 2 rings (SSSR count). The second kappa shape index (κ2) is 4.85. The van der Waals surface area contributed by atoms with Crippen LogP contribution in [0.25, 0.3) is 0 Å². The first-order valence-electron chi connectivity index (χ1n) is 5.80. The molecule has 1 aromatic heterocycles. The zero-order chi connectivity index (χ0) is 12.4. The predicted molar refractivity (Wildman–Crippen MR) is 60.3 cm³/mol. The molecule has 1 aliphatic heterocycles. The van der Waals surface area contributed by atoms with E-state index < -0.39 is 12.0 Å². The van der Waals surface area contributed by atoms with Gasteiger partial charge in [-0.3, -0.25) is 4.79 Å². The highest BCUT2D eigenvalue weighted by molar-refractivity contribution is 5.67. The van der Waals surface area contributed by atoms with Crippen LogP contribution in [0.5, 0.6) is 0 Å². The lowest BCUT2D eigenvalue weighted by atomic mass is 10.1. The molecule has 1 aromatic rings. The summed E-state index contributed by atoms with van der Waals surface area (Å²) in [4.78, 5) is 14.9. The van der Waals surface area contributed by atoms with Crippen molar-refractivity contribution in [1.82, 2.24) is 9.55 Å². The Labute approximate surface area is 99.1 Å². The van der Waals surface area contributed by atoms with E-state index in [9.17, 15) is 9.90 Å². The van der Waals surface area contributed by atoms with Crippen LogP contribution in [0.1, 0.15) is 42.5 Å². The molecule has 2 heterocycles. The minimum Gasteiger partial charge on any atom is -0.481 e. The van der Waals surface area contributed by atoms with Crippen LogP contribution in [0.3, 0.4) is 0 Å². The van der Waals surface area contributed by atoms with Gasteiger partial charge in [0.25, 0.3) is 0 Å². The second-order valence-corrected chi connectivity index (χ2v) is 4.33. The molecule has 4 N–H and O–H groups in total. The lowest BCUT2D eigenvalue weighted by molar-refractivity contribution is -0.137. The van der Waals surface area contributed by atoms with E-state index in [4.69, 9.17) is 10.8 Å². The van der Waals surface area contributed by atoms with Crippen molar-refractivity contribution < 1.29 is 15.0 Å². The van der Waals surface area contributed by atoms with Gasteiger partial charge in [0.1, 0.15) is 5.82 Å². The first kappa shape index (κ1) is 12.1. The fraction of sp³-hybridized carbons (Fsp3) is 0.636. The van der Waals surface area contributed by atoms with Gasteiger partial charge in [-0.15, -0.1) is 0 Å². The summed E-state index contributed by atoms with van der Waals surface area (Å²) in [6, 6.07) is -0.607. The molecule has 0 radical (unpaired) electrons. The van der Waals surface area contributed by atoms with E-state index in [-0.39, 0.29) is 13.0 Å². The molecule has 1 aliphatic rings. The molecule has 0 saturated carbocycles. The molecule has 0 aliphatic carbocycles. The summed E-state index contributed by atoms with van der Waals surface area (Å²) >= 11 is 0. The average molecular weight is 239 g/mol. The van der Waals surface area contributed by atoms with Crippen molar-refractivity contribution >= 4 is 5.97 Å². The molecule has 17 heavy (non-hydrogen) atoms. The third-order valence-corrected chi connectivity index (χ3v) is 3.11. The Morgan fingerprint density at radius 3 is 2.94 bits per heavy atom. The molecule has 1 atom stereocenters. The van der Waals surface area contributed by atoms with Crippen LogP contribution in [-0.2, 0) is 24.4 Å². The Morgan fingerprint density at radius 2 is 2.29 bits per heavy atom. The maximum atomic E-state index is 10.7. The molecule has 0 bridgehead atoms.